The van der Waals surface area contributed by atoms with Crippen LogP contribution in [0.15, 0.2) is 41.8 Å². The van der Waals surface area contributed by atoms with Crippen LogP contribution in [-0.4, -0.2) is 29.5 Å². The molecule has 8 nitrogen and oxygen atoms in total. The zero-order chi connectivity index (χ0) is 21.0. The monoisotopic (exact) mass is 417 g/mol. The number of carbonyl (C=O) groups is 1. The zero-order valence-electron chi connectivity index (χ0n) is 15.5. The number of ether oxygens (including phenoxy) is 2. The molecule has 0 aliphatic heterocycles. The lowest BCUT2D eigenvalue weighted by Gasteiger charge is -2.07. The summed E-state index contributed by atoms with van der Waals surface area (Å²) in [7, 11) is 1.57. The topological polar surface area (TPSA) is 104 Å². The third-order valence-electron chi connectivity index (χ3n) is 3.87. The van der Waals surface area contributed by atoms with Gasteiger partial charge in [0.25, 0.3) is 5.91 Å². The molecule has 1 amide bonds. The van der Waals surface area contributed by atoms with Gasteiger partial charge in [-0.1, -0.05) is 11.6 Å². The molecular weight excluding hydrogens is 401 g/mol. The van der Waals surface area contributed by atoms with Crippen LogP contribution >= 0.6 is 11.3 Å². The summed E-state index contributed by atoms with van der Waals surface area (Å²) in [6.07, 6.45) is 0. The predicted octanol–water partition coefficient (Wildman–Crippen LogP) is 4.19. The van der Waals surface area contributed by atoms with Gasteiger partial charge in [-0.15, -0.1) is 11.3 Å². The number of methoxy groups -OCH3 is 1. The van der Waals surface area contributed by atoms with Crippen molar-refractivity contribution in [3.63, 3.8) is 0 Å². The van der Waals surface area contributed by atoms with Gasteiger partial charge in [-0.3, -0.25) is 20.2 Å². The van der Waals surface area contributed by atoms with E-state index in [4.69, 9.17) is 9.47 Å². The Hall–Kier alpha value is -3.53. The van der Waals surface area contributed by atoms with Crippen LogP contribution in [0.4, 0.5) is 15.2 Å². The molecule has 10 heteroatoms. The number of hydrogen-bond donors (Lipinski definition) is 1. The largest absolute Gasteiger partial charge is 0.496 e. The molecule has 29 heavy (non-hydrogen) atoms. The summed E-state index contributed by atoms with van der Waals surface area (Å²) in [5.41, 5.74) is 1.85. The standard InChI is InChI=1S/C19H16FN3O5S/c1-11-3-6-17(27-2)13(7-11)15-10-29-19(21-15)22-18(24)9-28-12-4-5-16(23(25)26)14(20)8-12/h3-8,10H,9H2,1-2H3,(H,21,22,24). The number of benzene rings is 2. The van der Waals surface area contributed by atoms with Crippen LogP contribution in [0, 0.1) is 22.9 Å². The molecule has 0 unspecified atom stereocenters. The Balaban J connectivity index is 1.63. The fraction of sp³-hybridized carbons (Fsp3) is 0.158. The molecule has 3 aromatic rings. The molecule has 0 saturated carbocycles. The Labute approximate surface area is 169 Å². The number of hydrogen-bond acceptors (Lipinski definition) is 7. The number of aromatic nitrogens is 1. The Bertz CT molecular complexity index is 1070. The Kier molecular flexibility index (Phi) is 6.03. The fourth-order valence-electron chi connectivity index (χ4n) is 2.51. The van der Waals surface area contributed by atoms with E-state index in [1.54, 1.807) is 12.5 Å². The number of nitrogens with one attached hydrogen (secondary N) is 1. The quantitative estimate of drug-likeness (QED) is 0.457. The van der Waals surface area contributed by atoms with Crippen molar-refractivity contribution in [2.75, 3.05) is 19.0 Å². The van der Waals surface area contributed by atoms with E-state index in [-0.39, 0.29) is 5.75 Å². The number of aryl methyl sites for hydroxylation is 1. The summed E-state index contributed by atoms with van der Waals surface area (Å²) in [4.78, 5) is 26.2. The van der Waals surface area contributed by atoms with Gasteiger partial charge >= 0.3 is 5.69 Å². The van der Waals surface area contributed by atoms with Crippen molar-refractivity contribution in [2.24, 2.45) is 0 Å². The number of thiazole rings is 1. The second-order valence-corrected chi connectivity index (χ2v) is 6.81. The highest BCUT2D eigenvalue weighted by Gasteiger charge is 2.16. The van der Waals surface area contributed by atoms with Crippen molar-refractivity contribution in [2.45, 2.75) is 6.92 Å². The molecule has 0 atom stereocenters. The van der Waals surface area contributed by atoms with Crippen LogP contribution in [-0.2, 0) is 4.79 Å². The van der Waals surface area contributed by atoms with Crippen LogP contribution in [0.2, 0.25) is 0 Å². The van der Waals surface area contributed by atoms with Gasteiger partial charge in [0.1, 0.15) is 11.5 Å². The fourth-order valence-corrected chi connectivity index (χ4v) is 3.23. The maximum absolute atomic E-state index is 13.6. The van der Waals surface area contributed by atoms with Crippen LogP contribution in [0.25, 0.3) is 11.3 Å². The molecule has 0 aliphatic rings. The highest BCUT2D eigenvalue weighted by atomic mass is 32.1. The molecular formula is C19H16FN3O5S. The van der Waals surface area contributed by atoms with E-state index >= 15 is 0 Å². The van der Waals surface area contributed by atoms with E-state index in [2.05, 4.69) is 10.3 Å². The smallest absolute Gasteiger partial charge is 0.305 e. The molecule has 1 N–H and O–H groups in total. The van der Waals surface area contributed by atoms with E-state index < -0.39 is 28.9 Å². The van der Waals surface area contributed by atoms with E-state index in [1.807, 2.05) is 25.1 Å². The highest BCUT2D eigenvalue weighted by Crippen LogP contribution is 2.33. The first kappa shape index (κ1) is 20.2. The number of carbonyl (C=O) groups excluding carboxylic acids is 1. The minimum atomic E-state index is -1.04. The number of halogens is 1. The molecule has 0 spiro atoms. The van der Waals surface area contributed by atoms with Gasteiger partial charge in [0, 0.05) is 23.1 Å². The number of amides is 1. The number of rotatable bonds is 7. The van der Waals surface area contributed by atoms with Gasteiger partial charge < -0.3 is 9.47 Å². The zero-order valence-corrected chi connectivity index (χ0v) is 16.3. The molecule has 150 valence electrons. The summed E-state index contributed by atoms with van der Waals surface area (Å²) >= 11 is 1.24. The van der Waals surface area contributed by atoms with Gasteiger partial charge in [-0.2, -0.15) is 4.39 Å². The first-order valence-electron chi connectivity index (χ1n) is 8.34. The minimum absolute atomic E-state index is 0.00701. The lowest BCUT2D eigenvalue weighted by atomic mass is 10.1. The first-order valence-corrected chi connectivity index (χ1v) is 9.22. The Morgan fingerprint density at radius 2 is 2.10 bits per heavy atom. The summed E-state index contributed by atoms with van der Waals surface area (Å²) < 4.78 is 24.1. The van der Waals surface area contributed by atoms with E-state index in [0.29, 0.717) is 16.6 Å². The summed E-state index contributed by atoms with van der Waals surface area (Å²) in [6.45, 7) is 1.55. The molecule has 0 aliphatic carbocycles. The molecule has 0 fully saturated rings. The average Bonchev–Trinajstić information content (AvgIpc) is 3.14. The molecule has 0 bridgehead atoms. The van der Waals surface area contributed by atoms with Crippen molar-refractivity contribution in [1.82, 2.24) is 4.98 Å². The van der Waals surface area contributed by atoms with Crippen molar-refractivity contribution in [3.05, 3.63) is 63.3 Å². The lowest BCUT2D eigenvalue weighted by Crippen LogP contribution is -2.20. The van der Waals surface area contributed by atoms with Crippen molar-refractivity contribution < 1.29 is 23.6 Å². The van der Waals surface area contributed by atoms with Gasteiger partial charge in [0.05, 0.1) is 17.7 Å². The molecule has 2 aromatic carbocycles. The van der Waals surface area contributed by atoms with Gasteiger partial charge in [0.15, 0.2) is 11.7 Å². The molecule has 0 radical (unpaired) electrons. The second-order valence-electron chi connectivity index (χ2n) is 5.95. The number of nitrogens with zero attached hydrogens (tertiary/aromatic N) is 2. The van der Waals surface area contributed by atoms with Crippen molar-refractivity contribution in [3.8, 4) is 22.8 Å². The third-order valence-corrected chi connectivity index (χ3v) is 4.62. The van der Waals surface area contributed by atoms with E-state index in [1.165, 1.54) is 17.4 Å². The van der Waals surface area contributed by atoms with Crippen molar-refractivity contribution in [1.29, 1.82) is 0 Å². The Morgan fingerprint density at radius 1 is 1.31 bits per heavy atom. The maximum atomic E-state index is 13.6. The first-order chi connectivity index (χ1) is 13.9. The van der Waals surface area contributed by atoms with Crippen LogP contribution in [0.1, 0.15) is 5.56 Å². The summed E-state index contributed by atoms with van der Waals surface area (Å²) in [5.74, 6) is -0.861. The molecule has 1 heterocycles. The lowest BCUT2D eigenvalue weighted by molar-refractivity contribution is -0.387. The third kappa shape index (κ3) is 4.85. The predicted molar refractivity (Wildman–Crippen MR) is 106 cm³/mol. The van der Waals surface area contributed by atoms with Gasteiger partial charge in [0.2, 0.25) is 5.82 Å². The summed E-state index contributed by atoms with van der Waals surface area (Å²) in [5, 5.41) is 15.4. The molecule has 3 rings (SSSR count). The van der Waals surface area contributed by atoms with Gasteiger partial charge in [-0.25, -0.2) is 4.98 Å². The second kappa shape index (κ2) is 8.65. The molecule has 1 aromatic heterocycles. The Morgan fingerprint density at radius 3 is 2.79 bits per heavy atom. The van der Waals surface area contributed by atoms with Gasteiger partial charge in [-0.05, 0) is 25.1 Å². The number of nitro benzene ring substituents is 1. The SMILES string of the molecule is COc1ccc(C)cc1-c1csc(NC(=O)COc2ccc([N+](=O)[O-])c(F)c2)n1. The highest BCUT2D eigenvalue weighted by molar-refractivity contribution is 7.14. The molecule has 0 saturated heterocycles. The van der Waals surface area contributed by atoms with Crippen LogP contribution in [0.3, 0.4) is 0 Å². The van der Waals surface area contributed by atoms with Crippen molar-refractivity contribution >= 4 is 28.1 Å². The van der Waals surface area contributed by atoms with Crippen LogP contribution in [0.5, 0.6) is 11.5 Å². The normalized spacial score (nSPS) is 10.4. The summed E-state index contributed by atoms with van der Waals surface area (Å²) in [6, 6.07) is 8.77. The average molecular weight is 417 g/mol. The van der Waals surface area contributed by atoms with E-state index in [0.717, 1.165) is 23.3 Å². The maximum Gasteiger partial charge on any atom is 0.305 e. The number of anilines is 1. The van der Waals surface area contributed by atoms with E-state index in [9.17, 15) is 19.3 Å². The minimum Gasteiger partial charge on any atom is -0.496 e. The number of nitro groups is 1. The van der Waals surface area contributed by atoms with Crippen LogP contribution < -0.4 is 14.8 Å².